The molecule has 1 aromatic rings. The molecular weight excluding hydrogens is 280 g/mol. The lowest BCUT2D eigenvalue weighted by Crippen LogP contribution is -2.34. The van der Waals surface area contributed by atoms with E-state index in [9.17, 15) is 8.42 Å². The molecule has 0 saturated carbocycles. The highest BCUT2D eigenvalue weighted by atomic mass is 32.2. The monoisotopic (exact) mass is 304 g/mol. The van der Waals surface area contributed by atoms with Crippen molar-refractivity contribution in [3.63, 3.8) is 0 Å². The van der Waals surface area contributed by atoms with Gasteiger partial charge in [-0.15, -0.1) is 0 Å². The largest absolute Gasteiger partial charge is 0.383 e. The first-order valence-corrected chi connectivity index (χ1v) is 7.97. The lowest BCUT2D eigenvalue weighted by molar-refractivity contribution is 0.162. The van der Waals surface area contributed by atoms with Gasteiger partial charge in [0.15, 0.2) is 0 Å². The average Bonchev–Trinajstić information content (AvgIpc) is 2.86. The van der Waals surface area contributed by atoms with Crippen molar-refractivity contribution in [3.05, 3.63) is 18.0 Å². The van der Waals surface area contributed by atoms with Gasteiger partial charge in [0, 0.05) is 45.2 Å². The van der Waals surface area contributed by atoms with E-state index < -0.39 is 10.0 Å². The molecule has 20 heavy (non-hydrogen) atoms. The van der Waals surface area contributed by atoms with Crippen molar-refractivity contribution in [2.75, 3.05) is 47.4 Å². The van der Waals surface area contributed by atoms with Crippen LogP contribution in [0.15, 0.2) is 17.2 Å². The van der Waals surface area contributed by atoms with E-state index in [2.05, 4.69) is 15.0 Å². The lowest BCUT2D eigenvalue weighted by atomic mass is 10.4. The van der Waals surface area contributed by atoms with Gasteiger partial charge in [-0.3, -0.25) is 0 Å². The molecule has 0 saturated heterocycles. The molecule has 0 aliphatic carbocycles. The van der Waals surface area contributed by atoms with Gasteiger partial charge in [-0.1, -0.05) is 0 Å². The number of methoxy groups -OCH3 is 1. The van der Waals surface area contributed by atoms with Crippen LogP contribution in [-0.2, 0) is 21.3 Å². The zero-order valence-corrected chi connectivity index (χ0v) is 13.1. The van der Waals surface area contributed by atoms with E-state index in [0.717, 1.165) is 12.2 Å². The summed E-state index contributed by atoms with van der Waals surface area (Å²) < 4.78 is 31.7. The van der Waals surface area contributed by atoms with Crippen LogP contribution >= 0.6 is 0 Å². The number of H-pyrrole nitrogens is 1. The smallest absolute Gasteiger partial charge is 0.242 e. The summed E-state index contributed by atoms with van der Waals surface area (Å²) in [6, 6.07) is 1.63. The maximum absolute atomic E-state index is 12.1. The minimum atomic E-state index is -3.44. The SMILES string of the molecule is CNCc1cc(S(=O)(=O)NCCN(C)CCOC)c[nH]1. The van der Waals surface area contributed by atoms with Gasteiger partial charge in [0.2, 0.25) is 10.0 Å². The number of hydrogen-bond acceptors (Lipinski definition) is 5. The highest BCUT2D eigenvalue weighted by Crippen LogP contribution is 2.10. The summed E-state index contributed by atoms with van der Waals surface area (Å²) in [6.45, 7) is 3.02. The van der Waals surface area contributed by atoms with E-state index in [1.807, 2.05) is 19.0 Å². The summed E-state index contributed by atoms with van der Waals surface area (Å²) in [5.41, 5.74) is 0.838. The van der Waals surface area contributed by atoms with Gasteiger partial charge in [-0.25, -0.2) is 13.1 Å². The quantitative estimate of drug-likeness (QED) is 0.547. The number of aromatic amines is 1. The van der Waals surface area contributed by atoms with Crippen molar-refractivity contribution in [2.45, 2.75) is 11.4 Å². The first-order chi connectivity index (χ1) is 9.49. The Kier molecular flexibility index (Phi) is 7.17. The van der Waals surface area contributed by atoms with Crippen molar-refractivity contribution in [2.24, 2.45) is 0 Å². The van der Waals surface area contributed by atoms with E-state index in [1.165, 1.54) is 6.20 Å². The summed E-state index contributed by atoms with van der Waals surface area (Å²) in [5, 5.41) is 2.96. The third-order valence-corrected chi connectivity index (χ3v) is 4.30. The van der Waals surface area contributed by atoms with Crippen LogP contribution in [0.5, 0.6) is 0 Å². The Labute approximate surface area is 120 Å². The van der Waals surface area contributed by atoms with Crippen LogP contribution in [0.4, 0.5) is 0 Å². The predicted molar refractivity (Wildman–Crippen MR) is 78.1 cm³/mol. The first kappa shape index (κ1) is 17.1. The van der Waals surface area contributed by atoms with E-state index in [0.29, 0.717) is 26.2 Å². The fraction of sp³-hybridized carbons (Fsp3) is 0.667. The topological polar surface area (TPSA) is 86.5 Å². The molecule has 0 radical (unpaired) electrons. The summed E-state index contributed by atoms with van der Waals surface area (Å²) in [7, 11) is 1.94. The summed E-state index contributed by atoms with van der Waals surface area (Å²) in [5.74, 6) is 0. The number of nitrogens with zero attached hydrogens (tertiary/aromatic N) is 1. The molecule has 0 aliphatic rings. The molecule has 1 rings (SSSR count). The second kappa shape index (κ2) is 8.38. The molecule has 3 N–H and O–H groups in total. The number of rotatable bonds is 10. The molecule has 1 heterocycles. The molecule has 116 valence electrons. The van der Waals surface area contributed by atoms with Crippen LogP contribution in [-0.4, -0.2) is 65.7 Å². The van der Waals surface area contributed by atoms with Crippen LogP contribution < -0.4 is 10.0 Å². The van der Waals surface area contributed by atoms with Gasteiger partial charge in [0.1, 0.15) is 0 Å². The fourth-order valence-electron chi connectivity index (χ4n) is 1.68. The standard InChI is InChI=1S/C12H24N4O3S/c1-13-9-11-8-12(10-14-11)20(17,18)15-4-5-16(2)6-7-19-3/h8,10,13-15H,4-7,9H2,1-3H3. The Morgan fingerprint density at radius 1 is 1.40 bits per heavy atom. The highest BCUT2D eigenvalue weighted by molar-refractivity contribution is 7.89. The fourth-order valence-corrected chi connectivity index (χ4v) is 2.72. The van der Waals surface area contributed by atoms with Gasteiger partial charge < -0.3 is 19.9 Å². The third kappa shape index (κ3) is 5.59. The molecule has 0 bridgehead atoms. The van der Waals surface area contributed by atoms with Crippen LogP contribution in [0.1, 0.15) is 5.69 Å². The van der Waals surface area contributed by atoms with E-state index in [4.69, 9.17) is 4.74 Å². The Morgan fingerprint density at radius 2 is 2.15 bits per heavy atom. The third-order valence-electron chi connectivity index (χ3n) is 2.86. The maximum atomic E-state index is 12.1. The molecule has 0 spiro atoms. The van der Waals surface area contributed by atoms with Gasteiger partial charge in [0.05, 0.1) is 11.5 Å². The Morgan fingerprint density at radius 3 is 2.80 bits per heavy atom. The average molecular weight is 304 g/mol. The number of likely N-dealkylation sites (N-methyl/N-ethyl adjacent to an activating group) is 1. The minimum absolute atomic E-state index is 0.266. The van der Waals surface area contributed by atoms with E-state index in [-0.39, 0.29) is 4.90 Å². The second-order valence-electron chi connectivity index (χ2n) is 4.58. The highest BCUT2D eigenvalue weighted by Gasteiger charge is 2.15. The van der Waals surface area contributed by atoms with Crippen molar-refractivity contribution in [1.82, 2.24) is 19.9 Å². The molecule has 0 aliphatic heterocycles. The summed E-state index contributed by atoms with van der Waals surface area (Å²) in [6.07, 6.45) is 1.50. The zero-order chi connectivity index (χ0) is 15.0. The second-order valence-corrected chi connectivity index (χ2v) is 6.35. The molecule has 0 amide bonds. The van der Waals surface area contributed by atoms with Crippen molar-refractivity contribution < 1.29 is 13.2 Å². The number of nitrogens with one attached hydrogen (secondary N) is 3. The minimum Gasteiger partial charge on any atom is -0.383 e. The van der Waals surface area contributed by atoms with Crippen molar-refractivity contribution in [3.8, 4) is 0 Å². The molecular formula is C12H24N4O3S. The molecule has 1 aromatic heterocycles. The van der Waals surface area contributed by atoms with Crippen molar-refractivity contribution >= 4 is 10.0 Å². The first-order valence-electron chi connectivity index (χ1n) is 6.48. The van der Waals surface area contributed by atoms with Crippen LogP contribution in [0, 0.1) is 0 Å². The normalized spacial score (nSPS) is 12.2. The number of aromatic nitrogens is 1. The van der Waals surface area contributed by atoms with E-state index >= 15 is 0 Å². The predicted octanol–water partition coefficient (Wildman–Crippen LogP) is -0.409. The van der Waals surface area contributed by atoms with Gasteiger partial charge in [0.25, 0.3) is 0 Å². The van der Waals surface area contributed by atoms with Gasteiger partial charge >= 0.3 is 0 Å². The summed E-state index contributed by atoms with van der Waals surface area (Å²) >= 11 is 0. The van der Waals surface area contributed by atoms with Crippen LogP contribution in [0.25, 0.3) is 0 Å². The maximum Gasteiger partial charge on any atom is 0.242 e. The summed E-state index contributed by atoms with van der Waals surface area (Å²) in [4.78, 5) is 5.21. The molecule has 0 atom stereocenters. The molecule has 7 nitrogen and oxygen atoms in total. The number of sulfonamides is 1. The molecule has 0 fully saturated rings. The van der Waals surface area contributed by atoms with Crippen molar-refractivity contribution in [1.29, 1.82) is 0 Å². The Balaban J connectivity index is 2.44. The molecule has 0 aromatic carbocycles. The zero-order valence-electron chi connectivity index (χ0n) is 12.3. The Hall–Kier alpha value is -0.930. The number of hydrogen-bond donors (Lipinski definition) is 3. The van der Waals surface area contributed by atoms with Gasteiger partial charge in [-0.2, -0.15) is 0 Å². The lowest BCUT2D eigenvalue weighted by Gasteiger charge is -2.15. The molecule has 0 unspecified atom stereocenters. The van der Waals surface area contributed by atoms with E-state index in [1.54, 1.807) is 13.2 Å². The number of ether oxygens (including phenoxy) is 1. The van der Waals surface area contributed by atoms with Gasteiger partial charge in [-0.05, 0) is 20.2 Å². The molecule has 8 heteroatoms. The Bertz CT molecular complexity index is 487. The van der Waals surface area contributed by atoms with Crippen LogP contribution in [0.2, 0.25) is 0 Å². The van der Waals surface area contributed by atoms with Crippen LogP contribution in [0.3, 0.4) is 0 Å².